The summed E-state index contributed by atoms with van der Waals surface area (Å²) < 4.78 is 26.9. The lowest BCUT2D eigenvalue weighted by atomic mass is 10.0. The lowest BCUT2D eigenvalue weighted by Crippen LogP contribution is -2.47. The molecule has 0 saturated heterocycles. The van der Waals surface area contributed by atoms with Gasteiger partial charge in [0.1, 0.15) is 6.04 Å². The van der Waals surface area contributed by atoms with Crippen molar-refractivity contribution in [2.75, 3.05) is 23.7 Å². The molecule has 2 rings (SSSR count). The summed E-state index contributed by atoms with van der Waals surface area (Å²) >= 11 is 0. The number of hydrogen-bond donors (Lipinski definition) is 3. The number of nitrogens with zero attached hydrogens (tertiary/aromatic N) is 1. The van der Waals surface area contributed by atoms with E-state index in [0.29, 0.717) is 24.5 Å². The largest absolute Gasteiger partial charge is 0.340 e. The Labute approximate surface area is 201 Å². The number of hydrogen-bond acceptors (Lipinski definition) is 5. The molecule has 0 radical (unpaired) electrons. The normalized spacial score (nSPS) is 12.3. The monoisotopic (exact) mass is 488 g/mol. The van der Waals surface area contributed by atoms with Crippen molar-refractivity contribution in [1.29, 1.82) is 0 Å². The van der Waals surface area contributed by atoms with E-state index >= 15 is 0 Å². The fourth-order valence-corrected chi connectivity index (χ4v) is 4.87. The van der Waals surface area contributed by atoms with Crippen LogP contribution in [0.4, 0.5) is 11.4 Å². The number of carbonyl (C=O) groups excluding carboxylic acids is 3. The molecule has 34 heavy (non-hydrogen) atoms. The number of amides is 3. The fourth-order valence-electron chi connectivity index (χ4n) is 3.37. The average molecular weight is 489 g/mol. The van der Waals surface area contributed by atoms with Gasteiger partial charge < -0.3 is 16.0 Å². The Balaban J connectivity index is 2.21. The van der Waals surface area contributed by atoms with Crippen molar-refractivity contribution in [3.8, 4) is 0 Å². The number of rotatable bonds is 10. The minimum atomic E-state index is -3.73. The van der Waals surface area contributed by atoms with Crippen LogP contribution in [0.25, 0.3) is 0 Å². The molecular weight excluding hydrogens is 456 g/mol. The molecule has 1 atom stereocenters. The van der Waals surface area contributed by atoms with E-state index < -0.39 is 27.9 Å². The summed E-state index contributed by atoms with van der Waals surface area (Å²) in [7, 11) is -3.73. The first-order valence-corrected chi connectivity index (χ1v) is 12.5. The summed E-state index contributed by atoms with van der Waals surface area (Å²) in [5, 5.41) is 8.10. The number of carbonyl (C=O) groups is 3. The van der Waals surface area contributed by atoms with Crippen molar-refractivity contribution >= 4 is 39.1 Å². The van der Waals surface area contributed by atoms with Crippen molar-refractivity contribution in [3.63, 3.8) is 0 Å². The molecule has 0 bridgehead atoms. The zero-order valence-electron chi connectivity index (χ0n) is 20.1. The molecule has 0 fully saturated rings. The fraction of sp³-hybridized carbons (Fsp3) is 0.375. The third-order valence-electron chi connectivity index (χ3n) is 5.13. The van der Waals surface area contributed by atoms with Crippen LogP contribution in [0.2, 0.25) is 0 Å². The van der Waals surface area contributed by atoms with Crippen LogP contribution < -0.4 is 16.0 Å². The molecule has 1 unspecified atom stereocenters. The number of benzene rings is 2. The summed E-state index contributed by atoms with van der Waals surface area (Å²) in [4.78, 5) is 37.2. The van der Waals surface area contributed by atoms with Gasteiger partial charge in [0.15, 0.2) is 0 Å². The Bertz CT molecular complexity index is 1140. The van der Waals surface area contributed by atoms with Crippen LogP contribution >= 0.6 is 0 Å². The SMILES string of the molecule is CCN(CC)S(=O)(=O)c1cccc(C(=O)NC(C(=O)Nc2cccc(NC(C)=O)c2)C(C)C)c1. The molecule has 3 N–H and O–H groups in total. The second-order valence-electron chi connectivity index (χ2n) is 8.06. The van der Waals surface area contributed by atoms with E-state index in [1.165, 1.54) is 35.5 Å². The third kappa shape index (κ3) is 6.88. The van der Waals surface area contributed by atoms with E-state index in [1.54, 1.807) is 52.0 Å². The lowest BCUT2D eigenvalue weighted by Gasteiger charge is -2.22. The Morgan fingerprint density at radius 3 is 2.06 bits per heavy atom. The molecule has 9 nitrogen and oxygen atoms in total. The van der Waals surface area contributed by atoms with Gasteiger partial charge in [0, 0.05) is 37.0 Å². The van der Waals surface area contributed by atoms with Crippen molar-refractivity contribution < 1.29 is 22.8 Å². The first-order valence-electron chi connectivity index (χ1n) is 11.1. The van der Waals surface area contributed by atoms with Gasteiger partial charge in [0.05, 0.1) is 4.90 Å². The second kappa shape index (κ2) is 11.8. The van der Waals surface area contributed by atoms with Gasteiger partial charge in [0.2, 0.25) is 21.8 Å². The molecule has 0 aromatic heterocycles. The molecule has 0 aliphatic carbocycles. The van der Waals surface area contributed by atoms with Crippen LogP contribution in [0.5, 0.6) is 0 Å². The highest BCUT2D eigenvalue weighted by atomic mass is 32.2. The topological polar surface area (TPSA) is 125 Å². The Morgan fingerprint density at radius 1 is 0.912 bits per heavy atom. The molecule has 2 aromatic rings. The van der Waals surface area contributed by atoms with Crippen molar-refractivity contribution in [3.05, 3.63) is 54.1 Å². The maximum Gasteiger partial charge on any atom is 0.251 e. The number of nitrogens with one attached hydrogen (secondary N) is 3. The Hall–Kier alpha value is -3.24. The highest BCUT2D eigenvalue weighted by molar-refractivity contribution is 7.89. The van der Waals surface area contributed by atoms with Crippen LogP contribution in [0.15, 0.2) is 53.4 Å². The van der Waals surface area contributed by atoms with E-state index in [-0.39, 0.29) is 22.3 Å². The van der Waals surface area contributed by atoms with E-state index in [9.17, 15) is 22.8 Å². The molecule has 0 heterocycles. The summed E-state index contributed by atoms with van der Waals surface area (Å²) in [6, 6.07) is 11.5. The van der Waals surface area contributed by atoms with E-state index in [1.807, 2.05) is 0 Å². The maximum atomic E-state index is 12.9. The zero-order chi connectivity index (χ0) is 25.5. The lowest BCUT2D eigenvalue weighted by molar-refractivity contribution is -0.119. The van der Waals surface area contributed by atoms with E-state index in [4.69, 9.17) is 0 Å². The highest BCUT2D eigenvalue weighted by Crippen LogP contribution is 2.19. The molecule has 0 saturated carbocycles. The number of sulfonamides is 1. The van der Waals surface area contributed by atoms with Gasteiger partial charge >= 0.3 is 0 Å². The van der Waals surface area contributed by atoms with E-state index in [0.717, 1.165) is 0 Å². The number of anilines is 2. The smallest absolute Gasteiger partial charge is 0.251 e. The van der Waals surface area contributed by atoms with Crippen molar-refractivity contribution in [2.45, 2.75) is 45.6 Å². The van der Waals surface area contributed by atoms with Gasteiger partial charge in [-0.2, -0.15) is 4.31 Å². The average Bonchev–Trinajstić information content (AvgIpc) is 2.77. The second-order valence-corrected chi connectivity index (χ2v) is 10.0. The molecule has 10 heteroatoms. The van der Waals surface area contributed by atoms with Gasteiger partial charge in [-0.3, -0.25) is 14.4 Å². The predicted octanol–water partition coefficient (Wildman–Crippen LogP) is 3.07. The zero-order valence-corrected chi connectivity index (χ0v) is 20.9. The summed E-state index contributed by atoms with van der Waals surface area (Å²) in [6.45, 7) is 9.09. The minimum absolute atomic E-state index is 0.0178. The molecular formula is C24H32N4O5S. The molecule has 0 aliphatic heterocycles. The first kappa shape index (κ1) is 27.0. The minimum Gasteiger partial charge on any atom is -0.340 e. The molecule has 0 spiro atoms. The van der Waals surface area contributed by atoms with Crippen molar-refractivity contribution in [1.82, 2.24) is 9.62 Å². The molecule has 3 amide bonds. The van der Waals surface area contributed by atoms with Crippen LogP contribution in [0, 0.1) is 5.92 Å². The van der Waals surface area contributed by atoms with Crippen LogP contribution in [-0.2, 0) is 19.6 Å². The van der Waals surface area contributed by atoms with E-state index in [2.05, 4.69) is 16.0 Å². The Kier molecular flexibility index (Phi) is 9.34. The standard InChI is InChI=1S/C24H32N4O5S/c1-6-28(7-2)34(32,33)21-13-8-10-18(14-21)23(30)27-22(16(3)4)24(31)26-20-12-9-11-19(15-20)25-17(5)29/h8-16,22H,6-7H2,1-5H3,(H,25,29)(H,26,31)(H,27,30). The van der Waals surface area contributed by atoms with Gasteiger partial charge in [-0.25, -0.2) is 8.42 Å². The predicted molar refractivity (Wildman–Crippen MR) is 132 cm³/mol. The molecule has 184 valence electrons. The highest BCUT2D eigenvalue weighted by Gasteiger charge is 2.26. The molecule has 2 aromatic carbocycles. The van der Waals surface area contributed by atoms with Gasteiger partial charge in [0.25, 0.3) is 5.91 Å². The van der Waals surface area contributed by atoms with Crippen LogP contribution in [-0.4, -0.2) is 49.6 Å². The maximum absolute atomic E-state index is 12.9. The van der Waals surface area contributed by atoms with Crippen LogP contribution in [0.1, 0.15) is 45.0 Å². The summed E-state index contributed by atoms with van der Waals surface area (Å²) in [5.41, 5.74) is 1.13. The molecule has 0 aliphatic rings. The third-order valence-corrected chi connectivity index (χ3v) is 7.17. The van der Waals surface area contributed by atoms with Gasteiger partial charge in [-0.15, -0.1) is 0 Å². The Morgan fingerprint density at radius 2 is 1.50 bits per heavy atom. The van der Waals surface area contributed by atoms with Gasteiger partial charge in [-0.1, -0.05) is 39.8 Å². The van der Waals surface area contributed by atoms with Gasteiger partial charge in [-0.05, 0) is 42.3 Å². The quantitative estimate of drug-likeness (QED) is 0.474. The van der Waals surface area contributed by atoms with Crippen LogP contribution in [0.3, 0.4) is 0 Å². The summed E-state index contributed by atoms with van der Waals surface area (Å²) in [5.74, 6) is -1.47. The van der Waals surface area contributed by atoms with Crippen molar-refractivity contribution in [2.24, 2.45) is 5.92 Å². The first-order chi connectivity index (χ1) is 16.0. The summed E-state index contributed by atoms with van der Waals surface area (Å²) in [6.07, 6.45) is 0.